The van der Waals surface area contributed by atoms with Crippen molar-refractivity contribution < 1.29 is 0 Å². The van der Waals surface area contributed by atoms with Crippen molar-refractivity contribution in [3.8, 4) is 21.7 Å². The number of benzene rings is 1. The summed E-state index contributed by atoms with van der Waals surface area (Å²) in [5, 5.41) is 7.32. The summed E-state index contributed by atoms with van der Waals surface area (Å²) < 4.78 is 1.71. The number of halogens is 1. The van der Waals surface area contributed by atoms with Crippen LogP contribution in [0.4, 0.5) is 5.82 Å². The summed E-state index contributed by atoms with van der Waals surface area (Å²) in [5.41, 5.74) is 10.2. The molecule has 0 atom stereocenters. The van der Waals surface area contributed by atoms with Crippen LogP contribution in [0.3, 0.4) is 0 Å². The van der Waals surface area contributed by atoms with Crippen molar-refractivity contribution in [3.63, 3.8) is 0 Å². The third kappa shape index (κ3) is 2.11. The number of thiophene rings is 1. The lowest BCUT2D eigenvalue weighted by Gasteiger charge is -2.06. The Morgan fingerprint density at radius 2 is 2.10 bits per heavy atom. The molecule has 3 nitrogen and oxygen atoms in total. The van der Waals surface area contributed by atoms with Gasteiger partial charge in [0.1, 0.15) is 11.5 Å². The van der Waals surface area contributed by atoms with E-state index >= 15 is 0 Å². The lowest BCUT2D eigenvalue weighted by molar-refractivity contribution is 0.782. The summed E-state index contributed by atoms with van der Waals surface area (Å²) in [6.07, 6.45) is 0. The van der Waals surface area contributed by atoms with E-state index in [1.807, 2.05) is 36.7 Å². The van der Waals surface area contributed by atoms with Crippen molar-refractivity contribution in [2.75, 3.05) is 5.73 Å². The van der Waals surface area contributed by atoms with Crippen LogP contribution in [0.25, 0.3) is 21.7 Å². The molecule has 0 spiro atoms. The molecule has 0 aliphatic heterocycles. The van der Waals surface area contributed by atoms with Crippen molar-refractivity contribution in [3.05, 3.63) is 46.3 Å². The molecule has 0 bridgehead atoms. The predicted molar refractivity (Wildman–Crippen MR) is 86.1 cm³/mol. The van der Waals surface area contributed by atoms with Gasteiger partial charge in [-0.2, -0.15) is 5.10 Å². The minimum absolute atomic E-state index is 0.668. The molecule has 20 heavy (non-hydrogen) atoms. The summed E-state index contributed by atoms with van der Waals surface area (Å²) in [5.74, 6) is 0.668. The maximum absolute atomic E-state index is 6.19. The van der Waals surface area contributed by atoms with Crippen LogP contribution in [-0.2, 0) is 7.05 Å². The fourth-order valence-corrected chi connectivity index (χ4v) is 3.19. The Hall–Kier alpha value is -1.78. The third-order valence-corrected chi connectivity index (χ3v) is 4.44. The van der Waals surface area contributed by atoms with Crippen molar-refractivity contribution in [1.29, 1.82) is 0 Å². The summed E-state index contributed by atoms with van der Waals surface area (Å²) in [4.78, 5) is 1.12. The Morgan fingerprint density at radius 1 is 1.30 bits per heavy atom. The molecule has 2 N–H and O–H groups in total. The predicted octanol–water partition coefficient (Wildman–Crippen LogP) is 4.36. The lowest BCUT2D eigenvalue weighted by atomic mass is 10.0. The molecular formula is C15H14ClN3S. The van der Waals surface area contributed by atoms with Gasteiger partial charge in [-0.25, -0.2) is 0 Å². The first-order valence-electron chi connectivity index (χ1n) is 6.21. The molecule has 0 saturated heterocycles. The van der Waals surface area contributed by atoms with E-state index in [1.165, 1.54) is 0 Å². The van der Waals surface area contributed by atoms with Gasteiger partial charge in [0.15, 0.2) is 0 Å². The molecule has 3 aromatic rings. The van der Waals surface area contributed by atoms with Gasteiger partial charge in [0.25, 0.3) is 0 Å². The summed E-state index contributed by atoms with van der Waals surface area (Å²) in [6, 6.07) is 9.90. The average Bonchev–Trinajstić information content (AvgIpc) is 3.02. The fraction of sp³-hybridized carbons (Fsp3) is 0.133. The maximum Gasteiger partial charge on any atom is 0.130 e. The molecule has 0 unspecified atom stereocenters. The fourth-order valence-electron chi connectivity index (χ4n) is 2.24. The second-order valence-corrected chi connectivity index (χ2v) is 6.05. The number of hydrogen-bond donors (Lipinski definition) is 1. The molecule has 1 aromatic carbocycles. The molecule has 5 heteroatoms. The van der Waals surface area contributed by atoms with Crippen molar-refractivity contribution in [2.45, 2.75) is 6.92 Å². The number of rotatable bonds is 2. The molecule has 0 aliphatic rings. The van der Waals surface area contributed by atoms with Crippen LogP contribution in [0.5, 0.6) is 0 Å². The number of aryl methyl sites for hydroxylation is 2. The van der Waals surface area contributed by atoms with Gasteiger partial charge in [-0.05, 0) is 36.1 Å². The Kier molecular flexibility index (Phi) is 3.28. The minimum Gasteiger partial charge on any atom is -0.383 e. The Bertz CT molecular complexity index is 760. The van der Waals surface area contributed by atoms with E-state index in [0.29, 0.717) is 10.8 Å². The van der Waals surface area contributed by atoms with E-state index in [1.54, 1.807) is 16.0 Å². The molecule has 2 aromatic heterocycles. The van der Waals surface area contributed by atoms with Gasteiger partial charge in [0.05, 0.1) is 5.56 Å². The summed E-state index contributed by atoms with van der Waals surface area (Å²) in [7, 11) is 1.86. The smallest absolute Gasteiger partial charge is 0.130 e. The molecular weight excluding hydrogens is 290 g/mol. The molecule has 0 aliphatic carbocycles. The van der Waals surface area contributed by atoms with Gasteiger partial charge in [-0.1, -0.05) is 23.7 Å². The van der Waals surface area contributed by atoms with Crippen LogP contribution in [0, 0.1) is 6.92 Å². The zero-order chi connectivity index (χ0) is 14.3. The zero-order valence-electron chi connectivity index (χ0n) is 11.2. The monoisotopic (exact) mass is 303 g/mol. The highest BCUT2D eigenvalue weighted by Crippen LogP contribution is 2.39. The van der Waals surface area contributed by atoms with E-state index in [-0.39, 0.29) is 0 Å². The highest BCUT2D eigenvalue weighted by Gasteiger charge is 2.19. The Balaban J connectivity index is 2.30. The van der Waals surface area contributed by atoms with Gasteiger partial charge >= 0.3 is 0 Å². The quantitative estimate of drug-likeness (QED) is 0.764. The zero-order valence-corrected chi connectivity index (χ0v) is 12.8. The number of hydrogen-bond acceptors (Lipinski definition) is 3. The molecule has 102 valence electrons. The van der Waals surface area contributed by atoms with Gasteiger partial charge < -0.3 is 5.73 Å². The first-order valence-corrected chi connectivity index (χ1v) is 7.46. The van der Waals surface area contributed by atoms with Crippen LogP contribution >= 0.6 is 22.9 Å². The standard InChI is InChI=1S/C15H14ClN3S/c1-9-5-6-10(16)8-11(9)14-13(12-4-3-7-20-12)15(17)19(2)18-14/h3-8H,17H2,1-2H3. The average molecular weight is 304 g/mol. The van der Waals surface area contributed by atoms with Crippen LogP contribution in [0.15, 0.2) is 35.7 Å². The third-order valence-electron chi connectivity index (χ3n) is 3.31. The van der Waals surface area contributed by atoms with Gasteiger partial charge in [0, 0.05) is 22.5 Å². The number of anilines is 1. The van der Waals surface area contributed by atoms with E-state index in [2.05, 4.69) is 18.1 Å². The lowest BCUT2D eigenvalue weighted by Crippen LogP contribution is -1.97. The summed E-state index contributed by atoms with van der Waals surface area (Å²) in [6.45, 7) is 2.05. The molecule has 0 saturated carbocycles. The molecule has 0 fully saturated rings. The van der Waals surface area contributed by atoms with Crippen LogP contribution in [0.1, 0.15) is 5.56 Å². The van der Waals surface area contributed by atoms with E-state index in [9.17, 15) is 0 Å². The molecule has 0 radical (unpaired) electrons. The maximum atomic E-state index is 6.19. The van der Waals surface area contributed by atoms with E-state index in [0.717, 1.165) is 27.3 Å². The Morgan fingerprint density at radius 3 is 2.80 bits per heavy atom. The van der Waals surface area contributed by atoms with Gasteiger partial charge in [-0.3, -0.25) is 4.68 Å². The normalized spacial score (nSPS) is 10.9. The number of nitrogens with zero attached hydrogens (tertiary/aromatic N) is 2. The molecule has 3 rings (SSSR count). The minimum atomic E-state index is 0.668. The number of nitrogens with two attached hydrogens (primary N) is 1. The number of aromatic nitrogens is 2. The highest BCUT2D eigenvalue weighted by molar-refractivity contribution is 7.13. The molecule has 2 heterocycles. The van der Waals surface area contributed by atoms with Crippen LogP contribution in [-0.4, -0.2) is 9.78 Å². The first kappa shape index (κ1) is 13.2. The van der Waals surface area contributed by atoms with Crippen LogP contribution in [0.2, 0.25) is 5.02 Å². The van der Waals surface area contributed by atoms with E-state index in [4.69, 9.17) is 17.3 Å². The number of nitrogen functional groups attached to an aromatic ring is 1. The first-order chi connectivity index (χ1) is 9.58. The second kappa shape index (κ2) is 4.96. The summed E-state index contributed by atoms with van der Waals surface area (Å²) >= 11 is 7.78. The second-order valence-electron chi connectivity index (χ2n) is 4.67. The topological polar surface area (TPSA) is 43.8 Å². The van der Waals surface area contributed by atoms with Crippen molar-refractivity contribution in [1.82, 2.24) is 9.78 Å². The molecule has 0 amide bonds. The van der Waals surface area contributed by atoms with Crippen LogP contribution < -0.4 is 5.73 Å². The van der Waals surface area contributed by atoms with Crippen molar-refractivity contribution in [2.24, 2.45) is 7.05 Å². The highest BCUT2D eigenvalue weighted by atomic mass is 35.5. The van der Waals surface area contributed by atoms with Gasteiger partial charge in [-0.15, -0.1) is 11.3 Å². The van der Waals surface area contributed by atoms with Gasteiger partial charge in [0.2, 0.25) is 0 Å². The Labute approximate surface area is 126 Å². The van der Waals surface area contributed by atoms with E-state index < -0.39 is 0 Å². The largest absolute Gasteiger partial charge is 0.383 e. The SMILES string of the molecule is Cc1ccc(Cl)cc1-c1nn(C)c(N)c1-c1cccs1. The van der Waals surface area contributed by atoms with Crippen molar-refractivity contribution >= 4 is 28.8 Å².